The summed E-state index contributed by atoms with van der Waals surface area (Å²) in [5.41, 5.74) is 0.743. The van der Waals surface area contributed by atoms with Gasteiger partial charge in [-0.1, -0.05) is 0 Å². The van der Waals surface area contributed by atoms with Crippen molar-refractivity contribution >= 4 is 12.0 Å². The van der Waals surface area contributed by atoms with Gasteiger partial charge in [-0.2, -0.15) is 0 Å². The number of urea groups is 1. The summed E-state index contributed by atoms with van der Waals surface area (Å²) in [5.74, 6) is 0.703. The maximum atomic E-state index is 12.5. The Morgan fingerprint density at radius 1 is 1.31 bits per heavy atom. The van der Waals surface area contributed by atoms with E-state index in [1.54, 1.807) is 31.4 Å². The van der Waals surface area contributed by atoms with Crippen molar-refractivity contribution in [3.05, 3.63) is 59.6 Å². The van der Waals surface area contributed by atoms with E-state index in [0.29, 0.717) is 17.0 Å². The number of ether oxygens (including phenoxy) is 1. The van der Waals surface area contributed by atoms with Crippen molar-refractivity contribution in [1.29, 1.82) is 0 Å². The van der Waals surface area contributed by atoms with Crippen molar-refractivity contribution in [2.75, 3.05) is 13.2 Å². The number of amides is 2. The van der Waals surface area contributed by atoms with Crippen LogP contribution in [0.2, 0.25) is 0 Å². The summed E-state index contributed by atoms with van der Waals surface area (Å²) in [4.78, 5) is 24.6. The van der Waals surface area contributed by atoms with Gasteiger partial charge in [0.25, 0.3) is 0 Å². The Labute approximate surface area is 150 Å². The molecular weight excluding hydrogens is 338 g/mol. The van der Waals surface area contributed by atoms with Gasteiger partial charge in [0.15, 0.2) is 0 Å². The van der Waals surface area contributed by atoms with E-state index in [1.165, 1.54) is 6.26 Å². The van der Waals surface area contributed by atoms with Crippen LogP contribution in [0.5, 0.6) is 0 Å². The van der Waals surface area contributed by atoms with E-state index in [4.69, 9.17) is 13.6 Å². The average Bonchev–Trinajstić information content (AvgIpc) is 3.32. The highest BCUT2D eigenvalue weighted by molar-refractivity contribution is 5.95. The van der Waals surface area contributed by atoms with Gasteiger partial charge in [0.2, 0.25) is 0 Å². The Morgan fingerprint density at radius 2 is 2.08 bits per heavy atom. The van der Waals surface area contributed by atoms with Gasteiger partial charge in [-0.05, 0) is 38.1 Å². The van der Waals surface area contributed by atoms with Gasteiger partial charge in [-0.3, -0.25) is 0 Å². The summed E-state index contributed by atoms with van der Waals surface area (Å²) in [6.45, 7) is 4.13. The first-order valence-electron chi connectivity index (χ1n) is 8.38. The molecule has 26 heavy (non-hydrogen) atoms. The highest BCUT2D eigenvalue weighted by Gasteiger charge is 2.35. The lowest BCUT2D eigenvalue weighted by molar-refractivity contribution is -0.139. The van der Waals surface area contributed by atoms with Crippen molar-refractivity contribution in [2.24, 2.45) is 0 Å². The molecule has 0 fully saturated rings. The molecule has 2 atom stereocenters. The van der Waals surface area contributed by atoms with Crippen molar-refractivity contribution in [3.63, 3.8) is 0 Å². The van der Waals surface area contributed by atoms with Crippen LogP contribution in [0, 0.1) is 0 Å². The minimum absolute atomic E-state index is 0.102. The molecule has 0 saturated heterocycles. The van der Waals surface area contributed by atoms with Crippen LogP contribution in [0.15, 0.2) is 56.9 Å². The van der Waals surface area contributed by atoms with Crippen LogP contribution in [0.4, 0.5) is 4.79 Å². The van der Waals surface area contributed by atoms with Gasteiger partial charge in [-0.25, -0.2) is 9.59 Å². The van der Waals surface area contributed by atoms with Gasteiger partial charge in [0, 0.05) is 12.2 Å². The summed E-state index contributed by atoms with van der Waals surface area (Å²) >= 11 is 0. The Morgan fingerprint density at radius 3 is 2.73 bits per heavy atom. The lowest BCUT2D eigenvalue weighted by atomic mass is 10.00. The van der Waals surface area contributed by atoms with Crippen LogP contribution in [0.25, 0.3) is 0 Å². The van der Waals surface area contributed by atoms with Crippen LogP contribution in [0.3, 0.4) is 0 Å². The van der Waals surface area contributed by atoms with Crippen LogP contribution in [-0.2, 0) is 9.53 Å². The third kappa shape index (κ3) is 3.80. The topological polar surface area (TPSA) is 106 Å². The maximum Gasteiger partial charge on any atom is 0.338 e. The van der Waals surface area contributed by atoms with Crippen LogP contribution in [0.1, 0.15) is 37.5 Å². The predicted octanol–water partition coefficient (Wildman–Crippen LogP) is 2.39. The molecule has 2 aromatic rings. The first-order chi connectivity index (χ1) is 12.6. The fourth-order valence-corrected chi connectivity index (χ4v) is 2.77. The van der Waals surface area contributed by atoms with E-state index in [0.717, 1.165) is 5.76 Å². The van der Waals surface area contributed by atoms with E-state index in [-0.39, 0.29) is 19.2 Å². The van der Waals surface area contributed by atoms with Gasteiger partial charge in [-0.15, -0.1) is 0 Å². The monoisotopic (exact) mass is 359 g/mol. The summed E-state index contributed by atoms with van der Waals surface area (Å²) in [5, 5.41) is 8.63. The molecule has 2 aromatic heterocycles. The molecule has 0 saturated carbocycles. The Hall–Kier alpha value is -3.00. The molecule has 3 heterocycles. The molecule has 1 aliphatic rings. The Balaban J connectivity index is 1.88. The molecule has 3 N–H and O–H groups in total. The molecule has 0 spiro atoms. The molecule has 0 aromatic carbocycles. The molecule has 0 bridgehead atoms. The minimum atomic E-state index is -0.714. The highest BCUT2D eigenvalue weighted by atomic mass is 16.5. The van der Waals surface area contributed by atoms with Gasteiger partial charge in [0.1, 0.15) is 17.6 Å². The zero-order valence-electron chi connectivity index (χ0n) is 14.6. The summed E-state index contributed by atoms with van der Waals surface area (Å²) in [7, 11) is 0. The standard InChI is InChI=1S/C18H21N3O5/c1-3-24-17(22)15-12(10-19-11(2)13-6-4-8-25-13)20-18(23)21-16(15)14-7-5-9-26-14/h4-9,11,16,19H,3,10H2,1-2H3,(H2,20,21,23)/t11-,16+/m0/s1. The van der Waals surface area contributed by atoms with Crippen molar-refractivity contribution < 1.29 is 23.2 Å². The molecule has 1 aliphatic heterocycles. The zero-order valence-corrected chi connectivity index (χ0v) is 14.6. The van der Waals surface area contributed by atoms with E-state index in [9.17, 15) is 9.59 Å². The fraction of sp³-hybridized carbons (Fsp3) is 0.333. The SMILES string of the molecule is CCOC(=O)C1=C(CN[C@@H](C)c2ccco2)NC(=O)N[C@@H]1c1ccco1. The molecule has 0 radical (unpaired) electrons. The predicted molar refractivity (Wildman–Crippen MR) is 91.9 cm³/mol. The van der Waals surface area contributed by atoms with Gasteiger partial charge < -0.3 is 29.5 Å². The molecule has 2 amide bonds. The normalized spacial score (nSPS) is 18.2. The lowest BCUT2D eigenvalue weighted by Gasteiger charge is -2.28. The molecule has 8 nitrogen and oxygen atoms in total. The number of rotatable bonds is 7. The number of hydrogen-bond donors (Lipinski definition) is 3. The first kappa shape index (κ1) is 17.8. The minimum Gasteiger partial charge on any atom is -0.468 e. The quantitative estimate of drug-likeness (QED) is 0.656. The number of carbonyl (C=O) groups excluding carboxylic acids is 2. The van der Waals surface area contributed by atoms with E-state index in [1.807, 2.05) is 13.0 Å². The second kappa shape index (κ2) is 7.92. The highest BCUT2D eigenvalue weighted by Crippen LogP contribution is 2.28. The van der Waals surface area contributed by atoms with Gasteiger partial charge >= 0.3 is 12.0 Å². The van der Waals surface area contributed by atoms with Crippen molar-refractivity contribution in [2.45, 2.75) is 25.9 Å². The van der Waals surface area contributed by atoms with E-state index < -0.39 is 18.0 Å². The largest absolute Gasteiger partial charge is 0.468 e. The first-order valence-corrected chi connectivity index (χ1v) is 8.38. The van der Waals surface area contributed by atoms with E-state index >= 15 is 0 Å². The van der Waals surface area contributed by atoms with Crippen molar-refractivity contribution in [3.8, 4) is 0 Å². The number of esters is 1. The Bertz CT molecular complexity index is 780. The average molecular weight is 359 g/mol. The summed E-state index contributed by atoms with van der Waals surface area (Å²) < 4.78 is 15.9. The summed E-state index contributed by atoms with van der Waals surface area (Å²) in [6, 6.07) is 5.82. The Kier molecular flexibility index (Phi) is 5.43. The third-order valence-electron chi connectivity index (χ3n) is 4.03. The number of hydrogen-bond acceptors (Lipinski definition) is 6. The second-order valence-electron chi connectivity index (χ2n) is 5.78. The molecular formula is C18H21N3O5. The fourth-order valence-electron chi connectivity index (χ4n) is 2.77. The molecule has 0 aliphatic carbocycles. The molecule has 138 valence electrons. The molecule has 8 heteroatoms. The van der Waals surface area contributed by atoms with Crippen molar-refractivity contribution in [1.82, 2.24) is 16.0 Å². The van der Waals surface area contributed by atoms with Crippen LogP contribution in [-0.4, -0.2) is 25.2 Å². The summed E-state index contributed by atoms with van der Waals surface area (Å²) in [6.07, 6.45) is 3.08. The maximum absolute atomic E-state index is 12.5. The third-order valence-corrected chi connectivity index (χ3v) is 4.03. The van der Waals surface area contributed by atoms with Gasteiger partial charge in [0.05, 0.1) is 30.7 Å². The molecule has 3 rings (SSSR count). The second-order valence-corrected chi connectivity index (χ2v) is 5.78. The molecule has 0 unspecified atom stereocenters. The lowest BCUT2D eigenvalue weighted by Crippen LogP contribution is -2.48. The van der Waals surface area contributed by atoms with Crippen LogP contribution >= 0.6 is 0 Å². The number of furan rings is 2. The zero-order chi connectivity index (χ0) is 18.5. The number of nitrogens with one attached hydrogen (secondary N) is 3. The number of carbonyl (C=O) groups is 2. The van der Waals surface area contributed by atoms with Crippen LogP contribution < -0.4 is 16.0 Å². The smallest absolute Gasteiger partial charge is 0.338 e. The van der Waals surface area contributed by atoms with E-state index in [2.05, 4.69) is 16.0 Å².